The Bertz CT molecular complexity index is 1230. The molecule has 138 valence electrons. The molecule has 0 saturated heterocycles. The van der Waals surface area contributed by atoms with Gasteiger partial charge in [0, 0.05) is 40.1 Å². The molecule has 0 N–H and O–H groups in total. The smallest absolute Gasteiger partial charge is 0.0537 e. The molecule has 28 heavy (non-hydrogen) atoms. The highest BCUT2D eigenvalue weighted by atomic mass is 15.0. The van der Waals surface area contributed by atoms with Crippen molar-refractivity contribution in [2.45, 2.75) is 44.9 Å². The van der Waals surface area contributed by atoms with Gasteiger partial charge in [-0.1, -0.05) is 38.1 Å². The van der Waals surface area contributed by atoms with Gasteiger partial charge in [0.2, 0.25) is 0 Å². The van der Waals surface area contributed by atoms with E-state index in [1.807, 2.05) is 6.20 Å². The number of rotatable bonds is 1. The predicted octanol–water partition coefficient (Wildman–Crippen LogP) is 6.21. The molecule has 0 atom stereocenters. The van der Waals surface area contributed by atoms with Crippen LogP contribution in [0.1, 0.15) is 49.1 Å². The lowest BCUT2D eigenvalue weighted by Gasteiger charge is -2.23. The zero-order chi connectivity index (χ0) is 18.9. The maximum absolute atomic E-state index is 4.44. The first-order chi connectivity index (χ1) is 13.7. The van der Waals surface area contributed by atoms with E-state index in [4.69, 9.17) is 0 Å². The number of pyridine rings is 1. The second kappa shape index (κ2) is 5.57. The Kier molecular flexibility index (Phi) is 3.21. The van der Waals surface area contributed by atoms with Crippen LogP contribution in [-0.2, 0) is 18.3 Å². The van der Waals surface area contributed by atoms with Crippen LogP contribution in [0.25, 0.3) is 27.7 Å². The SMILES string of the molecule is CC1(C)c2ccncc2-c2ccc3c(c4c(n3-c3ccccc3)CCCC4)c21. The van der Waals surface area contributed by atoms with Gasteiger partial charge in [0.15, 0.2) is 0 Å². The maximum Gasteiger partial charge on any atom is 0.0537 e. The minimum atomic E-state index is 0.00120. The van der Waals surface area contributed by atoms with E-state index in [-0.39, 0.29) is 5.41 Å². The lowest BCUT2D eigenvalue weighted by Crippen LogP contribution is -2.16. The molecule has 0 radical (unpaired) electrons. The van der Waals surface area contributed by atoms with Gasteiger partial charge >= 0.3 is 0 Å². The van der Waals surface area contributed by atoms with Gasteiger partial charge in [0.25, 0.3) is 0 Å². The molecule has 2 nitrogen and oxygen atoms in total. The molecule has 0 spiro atoms. The summed E-state index contributed by atoms with van der Waals surface area (Å²) in [4.78, 5) is 4.44. The average Bonchev–Trinajstić information content (AvgIpc) is 3.19. The molecule has 0 unspecified atom stereocenters. The standard InChI is InChI=1S/C26H24N2/c1-26(2)21-14-15-27-16-20(21)18-12-13-23-24(25(18)26)19-10-6-7-11-22(19)28(23)17-8-4-3-5-9-17/h3-5,8-9,12-16H,6-7,10-11H2,1-2H3. The van der Waals surface area contributed by atoms with E-state index < -0.39 is 0 Å². The predicted molar refractivity (Wildman–Crippen MR) is 115 cm³/mol. The third kappa shape index (κ3) is 1.95. The van der Waals surface area contributed by atoms with Crippen LogP contribution in [-0.4, -0.2) is 9.55 Å². The first-order valence-corrected chi connectivity index (χ1v) is 10.4. The van der Waals surface area contributed by atoms with Gasteiger partial charge in [-0.3, -0.25) is 4.98 Å². The van der Waals surface area contributed by atoms with Gasteiger partial charge in [-0.15, -0.1) is 0 Å². The topological polar surface area (TPSA) is 17.8 Å². The van der Waals surface area contributed by atoms with Crippen molar-refractivity contribution in [2.75, 3.05) is 0 Å². The van der Waals surface area contributed by atoms with Crippen LogP contribution in [0.2, 0.25) is 0 Å². The van der Waals surface area contributed by atoms with Crippen molar-refractivity contribution in [1.82, 2.24) is 9.55 Å². The van der Waals surface area contributed by atoms with Crippen molar-refractivity contribution in [3.05, 3.63) is 83.3 Å². The first kappa shape index (κ1) is 16.1. The number of fused-ring (bicyclic) bond motifs is 7. The number of hydrogen-bond acceptors (Lipinski definition) is 1. The first-order valence-electron chi connectivity index (χ1n) is 10.4. The Hall–Kier alpha value is -2.87. The summed E-state index contributed by atoms with van der Waals surface area (Å²) < 4.78 is 2.53. The Labute approximate surface area is 165 Å². The summed E-state index contributed by atoms with van der Waals surface area (Å²) in [6, 6.07) is 17.8. The highest BCUT2D eigenvalue weighted by Gasteiger charge is 2.39. The van der Waals surface area contributed by atoms with Crippen molar-refractivity contribution in [3.63, 3.8) is 0 Å². The monoisotopic (exact) mass is 364 g/mol. The second-order valence-electron chi connectivity index (χ2n) is 8.73. The number of hydrogen-bond donors (Lipinski definition) is 0. The summed E-state index contributed by atoms with van der Waals surface area (Å²) in [5.74, 6) is 0. The quantitative estimate of drug-likeness (QED) is 0.392. The number of aryl methyl sites for hydroxylation is 1. The summed E-state index contributed by atoms with van der Waals surface area (Å²) in [6.45, 7) is 4.76. The van der Waals surface area contributed by atoms with Crippen molar-refractivity contribution in [2.24, 2.45) is 0 Å². The molecule has 2 heteroatoms. The van der Waals surface area contributed by atoms with E-state index in [0.717, 1.165) is 0 Å². The molecular weight excluding hydrogens is 340 g/mol. The van der Waals surface area contributed by atoms with Crippen LogP contribution >= 0.6 is 0 Å². The van der Waals surface area contributed by atoms with Crippen molar-refractivity contribution >= 4 is 10.9 Å². The normalized spacial score (nSPS) is 16.6. The van der Waals surface area contributed by atoms with Crippen LogP contribution in [0.3, 0.4) is 0 Å². The third-order valence-electron chi connectivity index (χ3n) is 6.86. The van der Waals surface area contributed by atoms with Crippen LogP contribution < -0.4 is 0 Å². The molecule has 2 heterocycles. The van der Waals surface area contributed by atoms with E-state index in [1.54, 1.807) is 5.56 Å². The molecule has 0 saturated carbocycles. The van der Waals surface area contributed by atoms with Crippen molar-refractivity contribution in [1.29, 1.82) is 0 Å². The highest BCUT2D eigenvalue weighted by Crippen LogP contribution is 2.53. The van der Waals surface area contributed by atoms with Gasteiger partial charge in [-0.25, -0.2) is 0 Å². The summed E-state index contributed by atoms with van der Waals surface area (Å²) in [6.07, 6.45) is 8.92. The zero-order valence-corrected chi connectivity index (χ0v) is 16.5. The zero-order valence-electron chi connectivity index (χ0n) is 16.5. The molecule has 0 aliphatic heterocycles. The minimum absolute atomic E-state index is 0.00120. The molecule has 2 aromatic heterocycles. The van der Waals surface area contributed by atoms with Crippen LogP contribution in [0, 0.1) is 0 Å². The van der Waals surface area contributed by atoms with Crippen molar-refractivity contribution < 1.29 is 0 Å². The second-order valence-corrected chi connectivity index (χ2v) is 8.73. The fraction of sp³-hybridized carbons (Fsp3) is 0.269. The lowest BCUT2D eigenvalue weighted by molar-refractivity contribution is 0.657. The molecular formula is C26H24N2. The Morgan fingerprint density at radius 3 is 2.57 bits per heavy atom. The van der Waals surface area contributed by atoms with Gasteiger partial charge in [0.1, 0.15) is 0 Å². The molecule has 0 fully saturated rings. The van der Waals surface area contributed by atoms with E-state index in [0.29, 0.717) is 0 Å². The Morgan fingerprint density at radius 1 is 0.893 bits per heavy atom. The summed E-state index contributed by atoms with van der Waals surface area (Å²) >= 11 is 0. The maximum atomic E-state index is 4.44. The van der Waals surface area contributed by atoms with Crippen molar-refractivity contribution in [3.8, 4) is 16.8 Å². The van der Waals surface area contributed by atoms with E-state index in [1.165, 1.54) is 70.2 Å². The summed E-state index contributed by atoms with van der Waals surface area (Å²) in [7, 11) is 0. The van der Waals surface area contributed by atoms with E-state index in [2.05, 4.69) is 78.1 Å². The number of aromatic nitrogens is 2. The molecule has 2 aromatic carbocycles. The van der Waals surface area contributed by atoms with Gasteiger partial charge in [-0.2, -0.15) is 0 Å². The van der Waals surface area contributed by atoms with Crippen LogP contribution in [0.5, 0.6) is 0 Å². The Balaban J connectivity index is 1.77. The lowest BCUT2D eigenvalue weighted by atomic mass is 9.79. The van der Waals surface area contributed by atoms with Gasteiger partial charge in [-0.05, 0) is 72.2 Å². The highest BCUT2D eigenvalue weighted by molar-refractivity contribution is 6.00. The third-order valence-corrected chi connectivity index (χ3v) is 6.86. The summed E-state index contributed by atoms with van der Waals surface area (Å²) in [5.41, 5.74) is 11.3. The molecule has 0 amide bonds. The largest absolute Gasteiger partial charge is 0.313 e. The molecule has 6 rings (SSSR count). The molecule has 0 bridgehead atoms. The molecule has 2 aliphatic carbocycles. The minimum Gasteiger partial charge on any atom is -0.313 e. The number of benzene rings is 2. The fourth-order valence-electron chi connectivity index (χ4n) is 5.67. The molecule has 4 aromatic rings. The van der Waals surface area contributed by atoms with Crippen LogP contribution in [0.4, 0.5) is 0 Å². The van der Waals surface area contributed by atoms with Gasteiger partial charge in [0.05, 0.1) is 5.52 Å². The molecule has 2 aliphatic rings. The van der Waals surface area contributed by atoms with Crippen LogP contribution in [0.15, 0.2) is 60.9 Å². The Morgan fingerprint density at radius 2 is 1.71 bits per heavy atom. The van der Waals surface area contributed by atoms with E-state index >= 15 is 0 Å². The number of para-hydroxylation sites is 1. The fourth-order valence-corrected chi connectivity index (χ4v) is 5.67. The number of nitrogens with zero attached hydrogens (tertiary/aromatic N) is 2. The average molecular weight is 364 g/mol. The van der Waals surface area contributed by atoms with E-state index in [9.17, 15) is 0 Å². The summed E-state index contributed by atoms with van der Waals surface area (Å²) in [5, 5.41) is 1.50. The van der Waals surface area contributed by atoms with Gasteiger partial charge < -0.3 is 4.57 Å².